The van der Waals surface area contributed by atoms with Crippen molar-refractivity contribution in [2.75, 3.05) is 0 Å². The first kappa shape index (κ1) is 8.34. The highest BCUT2D eigenvalue weighted by Crippen LogP contribution is 2.14. The maximum absolute atomic E-state index is 10.8. The Balaban J connectivity index is 3.05. The van der Waals surface area contributed by atoms with Crippen molar-refractivity contribution in [1.29, 1.82) is 0 Å². The molecule has 0 unspecified atom stereocenters. The summed E-state index contributed by atoms with van der Waals surface area (Å²) >= 11 is 5.61. The van der Waals surface area contributed by atoms with Gasteiger partial charge in [-0.2, -0.15) is 4.73 Å². The molecule has 1 aromatic heterocycles. The van der Waals surface area contributed by atoms with Gasteiger partial charge in [-0.25, -0.2) is 0 Å². The van der Waals surface area contributed by atoms with Crippen LogP contribution in [0.3, 0.4) is 0 Å². The van der Waals surface area contributed by atoms with E-state index in [0.717, 1.165) is 5.56 Å². The molecule has 2 nitrogen and oxygen atoms in total. The van der Waals surface area contributed by atoms with Gasteiger partial charge in [-0.15, -0.1) is 0 Å². The molecule has 0 spiro atoms. The molecule has 0 aliphatic carbocycles. The lowest BCUT2D eigenvalue weighted by molar-refractivity contribution is -0.603. The van der Waals surface area contributed by atoms with E-state index in [1.165, 1.54) is 6.20 Å². The molecule has 0 N–H and O–H groups in total. The number of halogens is 1. The molecule has 0 aromatic carbocycles. The van der Waals surface area contributed by atoms with E-state index in [1.807, 2.05) is 0 Å². The van der Waals surface area contributed by atoms with Crippen molar-refractivity contribution < 1.29 is 4.73 Å². The van der Waals surface area contributed by atoms with Gasteiger partial charge in [-0.3, -0.25) is 0 Å². The van der Waals surface area contributed by atoms with Crippen molar-refractivity contribution in [3.05, 3.63) is 34.3 Å². The van der Waals surface area contributed by atoms with Gasteiger partial charge in [0.05, 0.1) is 0 Å². The molecular weight excluding hydrogens is 162 g/mol. The van der Waals surface area contributed by atoms with E-state index >= 15 is 0 Å². The number of nitrogens with zero attached hydrogens (tertiary/aromatic N) is 1. The smallest absolute Gasteiger partial charge is 0.286 e. The normalized spacial score (nSPS) is 10.5. The van der Waals surface area contributed by atoms with Crippen LogP contribution in [0.5, 0.6) is 0 Å². The van der Waals surface area contributed by atoms with E-state index < -0.39 is 0 Å². The zero-order valence-electron chi connectivity index (χ0n) is 6.54. The minimum atomic E-state index is 0.233. The summed E-state index contributed by atoms with van der Waals surface area (Å²) in [6, 6.07) is 3.47. The van der Waals surface area contributed by atoms with Gasteiger partial charge < -0.3 is 5.21 Å². The van der Waals surface area contributed by atoms with Crippen molar-refractivity contribution in [3.8, 4) is 0 Å². The zero-order chi connectivity index (χ0) is 8.43. The summed E-state index contributed by atoms with van der Waals surface area (Å²) in [5.74, 6) is 0.411. The van der Waals surface area contributed by atoms with Crippen LogP contribution in [0.1, 0.15) is 25.3 Å². The van der Waals surface area contributed by atoms with E-state index in [-0.39, 0.29) is 5.15 Å². The second-order valence-electron chi connectivity index (χ2n) is 2.76. The van der Waals surface area contributed by atoms with E-state index in [1.54, 1.807) is 12.1 Å². The Morgan fingerprint density at radius 1 is 1.55 bits per heavy atom. The third-order valence-electron chi connectivity index (χ3n) is 1.57. The summed E-state index contributed by atoms with van der Waals surface area (Å²) in [5.41, 5.74) is 1.09. The van der Waals surface area contributed by atoms with E-state index in [0.29, 0.717) is 10.6 Å². The minimum Gasteiger partial charge on any atom is -0.618 e. The molecule has 1 rings (SSSR count). The van der Waals surface area contributed by atoms with Crippen LogP contribution >= 0.6 is 11.6 Å². The van der Waals surface area contributed by atoms with Crippen LogP contribution in [0.4, 0.5) is 0 Å². The second-order valence-corrected chi connectivity index (χ2v) is 3.15. The Bertz CT molecular complexity index is 260. The topological polar surface area (TPSA) is 26.9 Å². The van der Waals surface area contributed by atoms with Crippen LogP contribution in [-0.4, -0.2) is 0 Å². The summed E-state index contributed by atoms with van der Waals surface area (Å²) in [7, 11) is 0. The quantitative estimate of drug-likeness (QED) is 0.361. The van der Waals surface area contributed by atoms with Gasteiger partial charge in [0.15, 0.2) is 6.20 Å². The highest BCUT2D eigenvalue weighted by Gasteiger charge is 2.05. The molecule has 0 aliphatic rings. The van der Waals surface area contributed by atoms with Crippen molar-refractivity contribution in [1.82, 2.24) is 0 Å². The molecule has 0 saturated carbocycles. The van der Waals surface area contributed by atoms with Crippen molar-refractivity contribution >= 4 is 11.6 Å². The zero-order valence-corrected chi connectivity index (χ0v) is 7.30. The summed E-state index contributed by atoms with van der Waals surface area (Å²) in [6.07, 6.45) is 1.43. The monoisotopic (exact) mass is 171 g/mol. The largest absolute Gasteiger partial charge is 0.618 e. The maximum atomic E-state index is 10.8. The Kier molecular flexibility index (Phi) is 2.35. The maximum Gasteiger partial charge on any atom is 0.286 e. The van der Waals surface area contributed by atoms with Crippen LogP contribution < -0.4 is 4.73 Å². The average molecular weight is 172 g/mol. The first-order valence-electron chi connectivity index (χ1n) is 3.50. The number of pyridine rings is 1. The standard InChI is InChI=1S/C8H10ClNO/c1-6(2)7-3-4-10(11)8(9)5-7/h3-6H,1-2H3. The molecule has 60 valence electrons. The predicted molar refractivity (Wildman–Crippen MR) is 44.5 cm³/mol. The Labute approximate surface area is 71.0 Å². The lowest BCUT2D eigenvalue weighted by atomic mass is 10.1. The first-order chi connectivity index (χ1) is 5.11. The van der Waals surface area contributed by atoms with E-state index in [4.69, 9.17) is 11.6 Å². The van der Waals surface area contributed by atoms with E-state index in [9.17, 15) is 5.21 Å². The molecule has 1 heterocycles. The van der Waals surface area contributed by atoms with Gasteiger partial charge in [0.2, 0.25) is 0 Å². The highest BCUT2D eigenvalue weighted by atomic mass is 35.5. The van der Waals surface area contributed by atoms with Crippen molar-refractivity contribution in [3.63, 3.8) is 0 Å². The molecule has 0 atom stereocenters. The first-order valence-corrected chi connectivity index (χ1v) is 3.87. The molecule has 0 amide bonds. The highest BCUT2D eigenvalue weighted by molar-refractivity contribution is 6.28. The van der Waals surface area contributed by atoms with Crippen molar-refractivity contribution in [2.45, 2.75) is 19.8 Å². The average Bonchev–Trinajstić information content (AvgIpc) is 1.94. The SMILES string of the molecule is CC(C)c1cc[n+]([O-])c(Cl)c1. The van der Waals surface area contributed by atoms with Gasteiger partial charge in [0, 0.05) is 12.1 Å². The van der Waals surface area contributed by atoms with Gasteiger partial charge in [-0.05, 0) is 23.1 Å². The third-order valence-corrected chi connectivity index (χ3v) is 1.84. The fourth-order valence-corrected chi connectivity index (χ4v) is 1.02. The van der Waals surface area contributed by atoms with Crippen LogP contribution in [0, 0.1) is 5.21 Å². The number of aromatic nitrogens is 1. The molecule has 0 fully saturated rings. The Morgan fingerprint density at radius 2 is 2.18 bits per heavy atom. The second kappa shape index (κ2) is 3.09. The number of rotatable bonds is 1. The minimum absolute atomic E-state index is 0.233. The van der Waals surface area contributed by atoms with Gasteiger partial charge in [0.1, 0.15) is 0 Å². The summed E-state index contributed by atoms with van der Waals surface area (Å²) in [5, 5.41) is 11.0. The Hall–Kier alpha value is -0.760. The van der Waals surface area contributed by atoms with Gasteiger partial charge >= 0.3 is 0 Å². The van der Waals surface area contributed by atoms with E-state index in [2.05, 4.69) is 13.8 Å². The number of hydrogen-bond acceptors (Lipinski definition) is 1. The van der Waals surface area contributed by atoms with Crippen LogP contribution in [0.25, 0.3) is 0 Å². The Morgan fingerprint density at radius 3 is 2.64 bits per heavy atom. The summed E-state index contributed by atoms with van der Waals surface area (Å²) in [6.45, 7) is 4.11. The molecule has 0 saturated heterocycles. The predicted octanol–water partition coefficient (Wildman–Crippen LogP) is 2.10. The van der Waals surface area contributed by atoms with Crippen LogP contribution in [-0.2, 0) is 0 Å². The molecule has 0 radical (unpaired) electrons. The third kappa shape index (κ3) is 1.84. The van der Waals surface area contributed by atoms with Crippen LogP contribution in [0.15, 0.2) is 18.3 Å². The fraction of sp³-hybridized carbons (Fsp3) is 0.375. The molecule has 11 heavy (non-hydrogen) atoms. The molecule has 0 aliphatic heterocycles. The van der Waals surface area contributed by atoms with Crippen molar-refractivity contribution in [2.24, 2.45) is 0 Å². The summed E-state index contributed by atoms with van der Waals surface area (Å²) in [4.78, 5) is 0. The van der Waals surface area contributed by atoms with Crippen LogP contribution in [0.2, 0.25) is 5.15 Å². The molecule has 3 heteroatoms. The molecule has 1 aromatic rings. The molecular formula is C8H10ClNO. The van der Waals surface area contributed by atoms with Gasteiger partial charge in [0.25, 0.3) is 5.15 Å². The lowest BCUT2D eigenvalue weighted by Crippen LogP contribution is -2.26. The summed E-state index contributed by atoms with van der Waals surface area (Å²) < 4.78 is 0.646. The number of hydrogen-bond donors (Lipinski definition) is 0. The molecule has 0 bridgehead atoms. The fourth-order valence-electron chi connectivity index (χ4n) is 0.833. The van der Waals surface area contributed by atoms with Gasteiger partial charge in [-0.1, -0.05) is 13.8 Å². The lowest BCUT2D eigenvalue weighted by Gasteiger charge is -2.04.